The van der Waals surface area contributed by atoms with E-state index in [1.54, 1.807) is 6.20 Å². The highest BCUT2D eigenvalue weighted by Gasteiger charge is 2.30. The summed E-state index contributed by atoms with van der Waals surface area (Å²) < 4.78 is 1.85. The molecule has 2 saturated heterocycles. The number of aliphatic hydroxyl groups excluding tert-OH is 1. The second-order valence-electron chi connectivity index (χ2n) is 7.50. The number of piperidine rings is 1. The normalized spacial score (nSPS) is 20.9. The van der Waals surface area contributed by atoms with Crippen molar-refractivity contribution in [3.8, 4) is 0 Å². The molecule has 144 valence electrons. The minimum absolute atomic E-state index is 0.118. The van der Waals surface area contributed by atoms with Gasteiger partial charge in [0.05, 0.1) is 0 Å². The van der Waals surface area contributed by atoms with Crippen LogP contribution in [0.5, 0.6) is 0 Å². The van der Waals surface area contributed by atoms with Gasteiger partial charge in [-0.15, -0.1) is 0 Å². The molecule has 2 amide bonds. The second kappa shape index (κ2) is 8.66. The number of aromatic nitrogens is 2. The molecule has 0 bridgehead atoms. The molecule has 0 aliphatic carbocycles. The number of hydrogen-bond donors (Lipinski definition) is 1. The van der Waals surface area contributed by atoms with Crippen molar-refractivity contribution in [1.29, 1.82) is 0 Å². The lowest BCUT2D eigenvalue weighted by Gasteiger charge is -2.34. The van der Waals surface area contributed by atoms with Crippen molar-refractivity contribution in [2.24, 2.45) is 13.0 Å². The summed E-state index contributed by atoms with van der Waals surface area (Å²) in [4.78, 5) is 32.5. The number of nitrogens with zero attached hydrogens (tertiary/aromatic N) is 4. The lowest BCUT2D eigenvalue weighted by Crippen LogP contribution is -2.42. The lowest BCUT2D eigenvalue weighted by atomic mass is 9.90. The highest BCUT2D eigenvalue weighted by Crippen LogP contribution is 2.29. The molecule has 1 N–H and O–H groups in total. The first-order valence-electron chi connectivity index (χ1n) is 9.77. The van der Waals surface area contributed by atoms with Crippen LogP contribution in [0, 0.1) is 5.92 Å². The average Bonchev–Trinajstić information content (AvgIpc) is 2.97. The fraction of sp³-hybridized carbons (Fsp3) is 0.737. The third-order valence-corrected chi connectivity index (χ3v) is 5.73. The van der Waals surface area contributed by atoms with Gasteiger partial charge in [0.2, 0.25) is 11.8 Å². The van der Waals surface area contributed by atoms with Gasteiger partial charge in [0.1, 0.15) is 11.9 Å². The number of aryl methyl sites for hydroxylation is 1. The predicted molar refractivity (Wildman–Crippen MR) is 97.1 cm³/mol. The number of carbonyl (C=O) groups is 2. The SMILES string of the molecule is Cn1ccnc1[C@H](O)C1CCN(C(=O)CCN2CCCCCC2=O)CC1. The van der Waals surface area contributed by atoms with Crippen molar-refractivity contribution in [3.63, 3.8) is 0 Å². The maximum Gasteiger partial charge on any atom is 0.224 e. The van der Waals surface area contributed by atoms with Crippen LogP contribution in [-0.2, 0) is 16.6 Å². The predicted octanol–water partition coefficient (Wildman–Crippen LogP) is 1.48. The Hall–Kier alpha value is -1.89. The van der Waals surface area contributed by atoms with Crippen LogP contribution in [0.3, 0.4) is 0 Å². The van der Waals surface area contributed by atoms with Crippen LogP contribution in [0.4, 0.5) is 0 Å². The quantitative estimate of drug-likeness (QED) is 0.861. The minimum Gasteiger partial charge on any atom is -0.385 e. The van der Waals surface area contributed by atoms with Crippen LogP contribution < -0.4 is 0 Å². The van der Waals surface area contributed by atoms with Crippen LogP contribution in [0.2, 0.25) is 0 Å². The Morgan fingerprint density at radius 2 is 2.04 bits per heavy atom. The molecule has 0 saturated carbocycles. The number of likely N-dealkylation sites (tertiary alicyclic amines) is 2. The molecule has 3 heterocycles. The second-order valence-corrected chi connectivity index (χ2v) is 7.50. The van der Waals surface area contributed by atoms with Crippen LogP contribution in [0.15, 0.2) is 12.4 Å². The number of amides is 2. The van der Waals surface area contributed by atoms with Gasteiger partial charge in [-0.1, -0.05) is 6.42 Å². The van der Waals surface area contributed by atoms with E-state index in [9.17, 15) is 14.7 Å². The van der Waals surface area contributed by atoms with Gasteiger partial charge in [-0.05, 0) is 31.6 Å². The Bertz CT molecular complexity index is 622. The van der Waals surface area contributed by atoms with Crippen molar-refractivity contribution >= 4 is 11.8 Å². The summed E-state index contributed by atoms with van der Waals surface area (Å²) in [6.07, 6.45) is 8.63. The van der Waals surface area contributed by atoms with Gasteiger partial charge >= 0.3 is 0 Å². The van der Waals surface area contributed by atoms with Crippen LogP contribution in [0.25, 0.3) is 0 Å². The van der Waals surface area contributed by atoms with Gasteiger partial charge in [0, 0.05) is 58.5 Å². The highest BCUT2D eigenvalue weighted by molar-refractivity contribution is 5.79. The van der Waals surface area contributed by atoms with Crippen molar-refractivity contribution < 1.29 is 14.7 Å². The van der Waals surface area contributed by atoms with Crippen molar-refractivity contribution in [1.82, 2.24) is 19.4 Å². The van der Waals surface area contributed by atoms with E-state index in [1.165, 1.54) is 0 Å². The fourth-order valence-electron chi connectivity index (χ4n) is 4.00. The number of carbonyl (C=O) groups excluding carboxylic acids is 2. The third kappa shape index (κ3) is 4.44. The number of hydrogen-bond acceptors (Lipinski definition) is 4. The van der Waals surface area contributed by atoms with E-state index < -0.39 is 6.10 Å². The van der Waals surface area contributed by atoms with Crippen LogP contribution in [0.1, 0.15) is 56.9 Å². The molecule has 0 spiro atoms. The Morgan fingerprint density at radius 3 is 2.73 bits per heavy atom. The Morgan fingerprint density at radius 1 is 1.27 bits per heavy atom. The Balaban J connectivity index is 1.44. The first-order chi connectivity index (χ1) is 12.6. The maximum absolute atomic E-state index is 12.5. The summed E-state index contributed by atoms with van der Waals surface area (Å²) in [5.41, 5.74) is 0. The van der Waals surface area contributed by atoms with E-state index in [1.807, 2.05) is 27.6 Å². The van der Waals surface area contributed by atoms with E-state index in [2.05, 4.69) is 4.98 Å². The molecule has 2 aliphatic heterocycles. The van der Waals surface area contributed by atoms with Crippen LogP contribution in [-0.4, -0.2) is 62.5 Å². The Kier molecular flexibility index (Phi) is 6.29. The fourth-order valence-corrected chi connectivity index (χ4v) is 4.00. The first-order valence-corrected chi connectivity index (χ1v) is 9.77. The standard InChI is InChI=1S/C19H30N4O3/c1-21-14-9-20-19(21)18(26)15-6-11-23(12-7-15)17(25)8-13-22-10-4-2-3-5-16(22)24/h9,14-15,18,26H,2-8,10-13H2,1H3/t18-/m1/s1. The van der Waals surface area contributed by atoms with E-state index >= 15 is 0 Å². The van der Waals surface area contributed by atoms with Crippen molar-refractivity contribution in [2.45, 2.75) is 51.0 Å². The van der Waals surface area contributed by atoms with E-state index in [4.69, 9.17) is 0 Å². The van der Waals surface area contributed by atoms with E-state index in [-0.39, 0.29) is 17.7 Å². The summed E-state index contributed by atoms with van der Waals surface area (Å²) in [5.74, 6) is 1.13. The molecular weight excluding hydrogens is 332 g/mol. The summed E-state index contributed by atoms with van der Waals surface area (Å²) >= 11 is 0. The summed E-state index contributed by atoms with van der Waals surface area (Å²) in [7, 11) is 1.88. The van der Waals surface area contributed by atoms with E-state index in [0.29, 0.717) is 38.3 Å². The van der Waals surface area contributed by atoms with Crippen LogP contribution >= 0.6 is 0 Å². The summed E-state index contributed by atoms with van der Waals surface area (Å²) in [6, 6.07) is 0. The zero-order valence-corrected chi connectivity index (χ0v) is 15.6. The largest absolute Gasteiger partial charge is 0.385 e. The Labute approximate surface area is 155 Å². The highest BCUT2D eigenvalue weighted by atomic mass is 16.3. The summed E-state index contributed by atoms with van der Waals surface area (Å²) in [6.45, 7) is 2.65. The molecule has 7 heteroatoms. The average molecular weight is 362 g/mol. The molecule has 1 aromatic heterocycles. The smallest absolute Gasteiger partial charge is 0.224 e. The number of rotatable bonds is 5. The van der Waals surface area contributed by atoms with Gasteiger partial charge < -0.3 is 19.5 Å². The van der Waals surface area contributed by atoms with E-state index in [0.717, 1.165) is 38.6 Å². The molecular formula is C19H30N4O3. The van der Waals surface area contributed by atoms with Gasteiger partial charge in [-0.3, -0.25) is 9.59 Å². The van der Waals surface area contributed by atoms with Gasteiger partial charge in [-0.2, -0.15) is 0 Å². The molecule has 1 aromatic rings. The first kappa shape index (κ1) is 18.9. The summed E-state index contributed by atoms with van der Waals surface area (Å²) in [5, 5.41) is 10.5. The molecule has 2 aliphatic rings. The van der Waals surface area contributed by atoms with Crippen molar-refractivity contribution in [2.75, 3.05) is 26.2 Å². The molecule has 1 atom stereocenters. The topological polar surface area (TPSA) is 78.7 Å². The molecule has 0 unspecified atom stereocenters. The zero-order chi connectivity index (χ0) is 18.5. The zero-order valence-electron chi connectivity index (χ0n) is 15.6. The molecule has 26 heavy (non-hydrogen) atoms. The molecule has 7 nitrogen and oxygen atoms in total. The third-order valence-electron chi connectivity index (χ3n) is 5.73. The monoisotopic (exact) mass is 362 g/mol. The maximum atomic E-state index is 12.5. The molecule has 0 radical (unpaired) electrons. The molecule has 0 aromatic carbocycles. The molecule has 3 rings (SSSR count). The number of aliphatic hydroxyl groups is 1. The van der Waals surface area contributed by atoms with Gasteiger partial charge in [-0.25, -0.2) is 4.98 Å². The lowest BCUT2D eigenvalue weighted by molar-refractivity contribution is -0.135. The van der Waals surface area contributed by atoms with Gasteiger partial charge in [0.15, 0.2) is 0 Å². The van der Waals surface area contributed by atoms with Crippen molar-refractivity contribution in [3.05, 3.63) is 18.2 Å². The molecule has 2 fully saturated rings. The minimum atomic E-state index is -0.582. The number of imidazole rings is 1. The van der Waals surface area contributed by atoms with Gasteiger partial charge in [0.25, 0.3) is 0 Å².